The molecule has 1 atom stereocenters. The predicted molar refractivity (Wildman–Crippen MR) is 76.0 cm³/mol. The first-order valence-corrected chi connectivity index (χ1v) is 7.15. The summed E-state index contributed by atoms with van der Waals surface area (Å²) >= 11 is 0. The molecule has 4 nitrogen and oxygen atoms in total. The summed E-state index contributed by atoms with van der Waals surface area (Å²) in [6.07, 6.45) is 6.87. The number of aromatic nitrogens is 2. The van der Waals surface area contributed by atoms with Crippen LogP contribution in [0.2, 0.25) is 0 Å². The molecule has 18 heavy (non-hydrogen) atoms. The minimum absolute atomic E-state index is 0.758. The van der Waals surface area contributed by atoms with E-state index < -0.39 is 0 Å². The first-order valence-electron chi connectivity index (χ1n) is 7.15. The zero-order chi connectivity index (χ0) is 12.8. The summed E-state index contributed by atoms with van der Waals surface area (Å²) in [6, 6.07) is 2.02. The number of hydrogen-bond acceptors (Lipinski definition) is 4. The molecule has 2 rings (SSSR count). The Hall–Kier alpha value is -1.32. The van der Waals surface area contributed by atoms with Gasteiger partial charge in [0.25, 0.3) is 0 Å². The van der Waals surface area contributed by atoms with E-state index in [1.54, 1.807) is 0 Å². The van der Waals surface area contributed by atoms with Crippen LogP contribution in [0.4, 0.5) is 11.8 Å². The van der Waals surface area contributed by atoms with Crippen LogP contribution >= 0.6 is 0 Å². The van der Waals surface area contributed by atoms with Crippen LogP contribution in [0.15, 0.2) is 12.3 Å². The topological polar surface area (TPSA) is 41.1 Å². The Morgan fingerprint density at radius 2 is 2.28 bits per heavy atom. The zero-order valence-electron chi connectivity index (χ0n) is 11.5. The van der Waals surface area contributed by atoms with Gasteiger partial charge in [-0.05, 0) is 31.2 Å². The third-order valence-corrected chi connectivity index (χ3v) is 3.48. The number of hydrogen-bond donors (Lipinski definition) is 1. The Balaban J connectivity index is 1.96. The average molecular weight is 248 g/mol. The normalized spacial score (nSPS) is 19.2. The second-order valence-electron chi connectivity index (χ2n) is 5.05. The lowest BCUT2D eigenvalue weighted by Gasteiger charge is -2.18. The summed E-state index contributed by atoms with van der Waals surface area (Å²) in [6.45, 7) is 7.63. The molecular formula is C14H24N4. The van der Waals surface area contributed by atoms with Crippen LogP contribution in [0, 0.1) is 5.92 Å². The monoisotopic (exact) mass is 248 g/mol. The van der Waals surface area contributed by atoms with E-state index in [-0.39, 0.29) is 0 Å². The van der Waals surface area contributed by atoms with Crippen LogP contribution in [0.1, 0.15) is 39.5 Å². The summed E-state index contributed by atoms with van der Waals surface area (Å²) in [4.78, 5) is 11.2. The fourth-order valence-electron chi connectivity index (χ4n) is 2.53. The largest absolute Gasteiger partial charge is 0.356 e. The molecule has 0 radical (unpaired) electrons. The standard InChI is InChI=1S/C14H24N4/c1-3-5-12-7-10-18(11-12)13-6-9-16-14(17-13)15-8-4-2/h6,9,12H,3-5,7-8,10-11H2,1-2H3,(H,15,16,17). The van der Waals surface area contributed by atoms with Crippen molar-refractivity contribution < 1.29 is 0 Å². The third kappa shape index (κ3) is 3.34. The predicted octanol–water partition coefficient (Wildman–Crippen LogP) is 2.92. The highest BCUT2D eigenvalue weighted by molar-refractivity contribution is 5.43. The van der Waals surface area contributed by atoms with Gasteiger partial charge in [0, 0.05) is 25.8 Å². The van der Waals surface area contributed by atoms with Crippen molar-refractivity contribution >= 4 is 11.8 Å². The molecule has 0 aromatic carbocycles. The van der Waals surface area contributed by atoms with Gasteiger partial charge < -0.3 is 10.2 Å². The molecule has 1 aromatic heterocycles. The van der Waals surface area contributed by atoms with Crippen molar-refractivity contribution in [3.63, 3.8) is 0 Å². The van der Waals surface area contributed by atoms with Crippen LogP contribution in [0.3, 0.4) is 0 Å². The molecule has 1 aliphatic rings. The molecular weight excluding hydrogens is 224 g/mol. The van der Waals surface area contributed by atoms with Crippen LogP contribution in [-0.2, 0) is 0 Å². The first-order chi connectivity index (χ1) is 8.83. The Morgan fingerprint density at radius 3 is 3.06 bits per heavy atom. The van der Waals surface area contributed by atoms with Crippen LogP contribution in [0.25, 0.3) is 0 Å². The smallest absolute Gasteiger partial charge is 0.224 e. The molecule has 1 saturated heterocycles. The van der Waals surface area contributed by atoms with Crippen molar-refractivity contribution in [3.05, 3.63) is 12.3 Å². The maximum absolute atomic E-state index is 4.59. The van der Waals surface area contributed by atoms with E-state index in [1.165, 1.54) is 19.3 Å². The van der Waals surface area contributed by atoms with E-state index in [4.69, 9.17) is 0 Å². The molecule has 100 valence electrons. The van der Waals surface area contributed by atoms with Gasteiger partial charge in [0.1, 0.15) is 5.82 Å². The molecule has 1 N–H and O–H groups in total. The van der Waals surface area contributed by atoms with Gasteiger partial charge in [0.2, 0.25) is 5.95 Å². The van der Waals surface area contributed by atoms with Gasteiger partial charge in [-0.25, -0.2) is 4.98 Å². The van der Waals surface area contributed by atoms with E-state index in [2.05, 4.69) is 34.0 Å². The Morgan fingerprint density at radius 1 is 1.39 bits per heavy atom. The molecule has 0 spiro atoms. The van der Waals surface area contributed by atoms with Gasteiger partial charge in [0.15, 0.2) is 0 Å². The highest BCUT2D eigenvalue weighted by Gasteiger charge is 2.22. The van der Waals surface area contributed by atoms with Gasteiger partial charge in [-0.15, -0.1) is 0 Å². The Bertz CT molecular complexity index is 367. The van der Waals surface area contributed by atoms with E-state index in [0.717, 1.165) is 43.7 Å². The van der Waals surface area contributed by atoms with Crippen molar-refractivity contribution in [1.82, 2.24) is 9.97 Å². The van der Waals surface area contributed by atoms with Crippen molar-refractivity contribution in [1.29, 1.82) is 0 Å². The lowest BCUT2D eigenvalue weighted by atomic mass is 10.0. The van der Waals surface area contributed by atoms with Crippen molar-refractivity contribution in [3.8, 4) is 0 Å². The third-order valence-electron chi connectivity index (χ3n) is 3.48. The average Bonchev–Trinajstić information content (AvgIpc) is 2.86. The van der Waals surface area contributed by atoms with E-state index >= 15 is 0 Å². The summed E-state index contributed by atoms with van der Waals surface area (Å²) in [5.74, 6) is 2.67. The van der Waals surface area contributed by atoms with Gasteiger partial charge >= 0.3 is 0 Å². The van der Waals surface area contributed by atoms with Crippen molar-refractivity contribution in [2.24, 2.45) is 5.92 Å². The number of anilines is 2. The van der Waals surface area contributed by atoms with Gasteiger partial charge in [-0.1, -0.05) is 20.3 Å². The number of nitrogens with one attached hydrogen (secondary N) is 1. The van der Waals surface area contributed by atoms with Gasteiger partial charge in [0.05, 0.1) is 0 Å². The Labute approximate surface area is 110 Å². The fraction of sp³-hybridized carbons (Fsp3) is 0.714. The second kappa shape index (κ2) is 6.57. The maximum atomic E-state index is 4.59. The van der Waals surface area contributed by atoms with Gasteiger partial charge in [-0.3, -0.25) is 0 Å². The molecule has 0 bridgehead atoms. The summed E-state index contributed by atoms with van der Waals surface area (Å²) in [5, 5.41) is 3.25. The minimum Gasteiger partial charge on any atom is -0.356 e. The van der Waals surface area contributed by atoms with Crippen LogP contribution in [-0.4, -0.2) is 29.6 Å². The minimum atomic E-state index is 0.758. The summed E-state index contributed by atoms with van der Waals surface area (Å²) < 4.78 is 0. The van der Waals surface area contributed by atoms with Gasteiger partial charge in [-0.2, -0.15) is 4.98 Å². The fourth-order valence-corrected chi connectivity index (χ4v) is 2.53. The summed E-state index contributed by atoms with van der Waals surface area (Å²) in [5.41, 5.74) is 0. The molecule has 1 aliphatic heterocycles. The van der Waals surface area contributed by atoms with E-state index in [9.17, 15) is 0 Å². The van der Waals surface area contributed by atoms with Crippen molar-refractivity contribution in [2.75, 3.05) is 29.9 Å². The van der Waals surface area contributed by atoms with Crippen molar-refractivity contribution in [2.45, 2.75) is 39.5 Å². The Kier molecular flexibility index (Phi) is 4.79. The lowest BCUT2D eigenvalue weighted by molar-refractivity contribution is 0.529. The SMILES string of the molecule is CCCNc1nccc(N2CCC(CCC)C2)n1. The zero-order valence-corrected chi connectivity index (χ0v) is 11.5. The van der Waals surface area contributed by atoms with E-state index in [1.807, 2.05) is 12.3 Å². The highest BCUT2D eigenvalue weighted by atomic mass is 15.2. The second-order valence-corrected chi connectivity index (χ2v) is 5.05. The lowest BCUT2D eigenvalue weighted by Crippen LogP contribution is -2.21. The quantitative estimate of drug-likeness (QED) is 0.840. The molecule has 0 aliphatic carbocycles. The maximum Gasteiger partial charge on any atom is 0.224 e. The first kappa shape index (κ1) is 13.1. The molecule has 1 fully saturated rings. The summed E-state index contributed by atoms with van der Waals surface area (Å²) in [7, 11) is 0. The number of rotatable bonds is 6. The molecule has 2 heterocycles. The number of nitrogens with zero attached hydrogens (tertiary/aromatic N) is 3. The molecule has 1 unspecified atom stereocenters. The highest BCUT2D eigenvalue weighted by Crippen LogP contribution is 2.25. The van der Waals surface area contributed by atoms with E-state index in [0.29, 0.717) is 0 Å². The van der Waals surface area contributed by atoms with Crippen LogP contribution < -0.4 is 10.2 Å². The molecule has 4 heteroatoms. The van der Waals surface area contributed by atoms with Crippen LogP contribution in [0.5, 0.6) is 0 Å². The molecule has 1 aromatic rings. The molecule has 0 amide bonds. The molecule has 0 saturated carbocycles.